The van der Waals surface area contributed by atoms with Gasteiger partial charge in [-0.3, -0.25) is 4.79 Å². The number of rotatable bonds is 10. The number of nitrogens with one attached hydrogen (secondary N) is 1. The molecule has 0 aromatic heterocycles. The summed E-state index contributed by atoms with van der Waals surface area (Å²) in [7, 11) is 3.18. The summed E-state index contributed by atoms with van der Waals surface area (Å²) in [6, 6.07) is 3.61. The molecule has 0 fully saturated rings. The number of carbonyl (C=O) groups excluding carboxylic acids is 1. The lowest BCUT2D eigenvalue weighted by Gasteiger charge is -2.18. The van der Waals surface area contributed by atoms with Crippen molar-refractivity contribution in [2.75, 3.05) is 27.4 Å². The van der Waals surface area contributed by atoms with E-state index in [0.29, 0.717) is 43.4 Å². The van der Waals surface area contributed by atoms with Crippen molar-refractivity contribution in [3.8, 4) is 17.2 Å². The number of hydrogen-bond acceptors (Lipinski definition) is 5. The maximum absolute atomic E-state index is 11.8. The van der Waals surface area contributed by atoms with Crippen molar-refractivity contribution in [3.63, 3.8) is 0 Å². The van der Waals surface area contributed by atoms with E-state index < -0.39 is 0 Å². The number of methoxy groups -OCH3 is 2. The highest BCUT2D eigenvalue weighted by atomic mass is 16.5. The Morgan fingerprint density at radius 3 is 2.20 bits per heavy atom. The fraction of sp³-hybridized carbons (Fsp3) is 0.632. The first-order valence-electron chi connectivity index (χ1n) is 8.65. The first-order chi connectivity index (χ1) is 11.8. The van der Waals surface area contributed by atoms with Crippen molar-refractivity contribution < 1.29 is 19.0 Å². The van der Waals surface area contributed by atoms with Crippen LogP contribution in [0.2, 0.25) is 0 Å². The van der Waals surface area contributed by atoms with Gasteiger partial charge in [0.05, 0.1) is 20.8 Å². The third kappa shape index (κ3) is 7.65. The summed E-state index contributed by atoms with van der Waals surface area (Å²) in [5, 5.41) is 2.95. The molecule has 6 heteroatoms. The molecule has 0 saturated heterocycles. The minimum atomic E-state index is 0.0885. The number of nitrogens with two attached hydrogens (primary N) is 1. The summed E-state index contributed by atoms with van der Waals surface area (Å²) in [6.45, 7) is 7.84. The van der Waals surface area contributed by atoms with Gasteiger partial charge in [-0.05, 0) is 18.3 Å². The molecule has 0 spiro atoms. The highest BCUT2D eigenvalue weighted by molar-refractivity contribution is 5.75. The van der Waals surface area contributed by atoms with Crippen molar-refractivity contribution in [2.45, 2.75) is 46.6 Å². The second kappa shape index (κ2) is 10.1. The van der Waals surface area contributed by atoms with Crippen LogP contribution in [-0.2, 0) is 11.3 Å². The Kier molecular flexibility index (Phi) is 8.55. The third-order valence-electron chi connectivity index (χ3n) is 3.67. The molecule has 0 saturated carbocycles. The fourth-order valence-corrected chi connectivity index (χ4v) is 2.27. The smallest absolute Gasteiger partial charge is 0.220 e. The second-order valence-corrected chi connectivity index (χ2v) is 7.15. The lowest BCUT2D eigenvalue weighted by molar-refractivity contribution is -0.121. The average molecular weight is 352 g/mol. The van der Waals surface area contributed by atoms with E-state index in [2.05, 4.69) is 26.1 Å². The van der Waals surface area contributed by atoms with Crippen LogP contribution in [0.5, 0.6) is 17.2 Å². The van der Waals surface area contributed by atoms with Gasteiger partial charge in [0.25, 0.3) is 0 Å². The molecule has 0 heterocycles. The van der Waals surface area contributed by atoms with Crippen LogP contribution < -0.4 is 25.3 Å². The Morgan fingerprint density at radius 1 is 1.12 bits per heavy atom. The monoisotopic (exact) mass is 352 g/mol. The maximum Gasteiger partial charge on any atom is 0.220 e. The van der Waals surface area contributed by atoms with Gasteiger partial charge in [-0.15, -0.1) is 0 Å². The first kappa shape index (κ1) is 21.1. The maximum atomic E-state index is 11.8. The zero-order valence-electron chi connectivity index (χ0n) is 16.1. The predicted molar refractivity (Wildman–Crippen MR) is 99.2 cm³/mol. The molecule has 142 valence electrons. The van der Waals surface area contributed by atoms with Crippen molar-refractivity contribution in [1.29, 1.82) is 0 Å². The van der Waals surface area contributed by atoms with Gasteiger partial charge in [-0.25, -0.2) is 0 Å². The van der Waals surface area contributed by atoms with E-state index in [9.17, 15) is 4.79 Å². The molecular formula is C19H32N2O4. The molecule has 0 atom stereocenters. The molecule has 0 unspecified atom stereocenters. The lowest BCUT2D eigenvalue weighted by atomic mass is 9.97. The largest absolute Gasteiger partial charge is 0.496 e. The quantitative estimate of drug-likeness (QED) is 0.633. The molecule has 1 rings (SSSR count). The topological polar surface area (TPSA) is 82.8 Å². The molecule has 0 radical (unpaired) electrons. The van der Waals surface area contributed by atoms with Crippen LogP contribution in [0.25, 0.3) is 0 Å². The highest BCUT2D eigenvalue weighted by Gasteiger charge is 2.13. The van der Waals surface area contributed by atoms with Gasteiger partial charge in [-0.1, -0.05) is 20.8 Å². The molecule has 3 N–H and O–H groups in total. The number of benzene rings is 1. The van der Waals surface area contributed by atoms with Crippen LogP contribution in [0.15, 0.2) is 12.1 Å². The van der Waals surface area contributed by atoms with Crippen LogP contribution in [-0.4, -0.2) is 33.3 Å². The summed E-state index contributed by atoms with van der Waals surface area (Å²) < 4.78 is 16.4. The number of ether oxygens (including phenoxy) is 3. The molecule has 1 aromatic carbocycles. The van der Waals surface area contributed by atoms with Gasteiger partial charge in [-0.2, -0.15) is 0 Å². The molecule has 6 nitrogen and oxygen atoms in total. The highest BCUT2D eigenvalue weighted by Crippen LogP contribution is 2.33. The molecule has 0 bridgehead atoms. The molecule has 0 aliphatic heterocycles. The Hall–Kier alpha value is -1.95. The number of carbonyl (C=O) groups is 1. The molecule has 0 aliphatic rings. The normalized spacial score (nSPS) is 11.1. The van der Waals surface area contributed by atoms with E-state index in [1.807, 2.05) is 0 Å². The van der Waals surface area contributed by atoms with Gasteiger partial charge in [0, 0.05) is 37.2 Å². The molecular weight excluding hydrogens is 320 g/mol. The van der Waals surface area contributed by atoms with Crippen LogP contribution >= 0.6 is 0 Å². The van der Waals surface area contributed by atoms with Crippen LogP contribution in [0, 0.1) is 5.41 Å². The van der Waals surface area contributed by atoms with Gasteiger partial charge in [0.15, 0.2) is 0 Å². The molecule has 1 amide bonds. The Balaban J connectivity index is 2.40. The van der Waals surface area contributed by atoms with Crippen molar-refractivity contribution in [3.05, 3.63) is 17.7 Å². The Morgan fingerprint density at radius 2 is 1.72 bits per heavy atom. The molecule has 25 heavy (non-hydrogen) atoms. The summed E-state index contributed by atoms with van der Waals surface area (Å²) in [5.74, 6) is 2.06. The minimum absolute atomic E-state index is 0.0885. The molecule has 1 aromatic rings. The summed E-state index contributed by atoms with van der Waals surface area (Å²) in [6.07, 6.45) is 2.09. The van der Waals surface area contributed by atoms with Crippen molar-refractivity contribution in [1.82, 2.24) is 5.32 Å². The second-order valence-electron chi connectivity index (χ2n) is 7.15. The van der Waals surface area contributed by atoms with Crippen molar-refractivity contribution in [2.24, 2.45) is 11.1 Å². The minimum Gasteiger partial charge on any atom is -0.496 e. The van der Waals surface area contributed by atoms with Gasteiger partial charge < -0.3 is 25.3 Å². The number of amides is 1. The first-order valence-corrected chi connectivity index (χ1v) is 8.65. The standard InChI is InChI=1S/C19H32N2O4/c1-19(2,3)13-21-18(22)8-6-7-9-25-14-10-16(23-4)15(12-20)17(11-14)24-5/h10-11H,6-9,12-13,20H2,1-5H3,(H,21,22). The SMILES string of the molecule is COc1cc(OCCCCC(=O)NCC(C)(C)C)cc(OC)c1CN. The third-order valence-corrected chi connectivity index (χ3v) is 3.67. The van der Waals surface area contributed by atoms with E-state index in [0.717, 1.165) is 18.4 Å². The number of unbranched alkanes of at least 4 members (excludes halogenated alkanes) is 1. The summed E-state index contributed by atoms with van der Waals surface area (Å²) in [4.78, 5) is 11.8. The van der Waals surface area contributed by atoms with Crippen molar-refractivity contribution >= 4 is 5.91 Å². The zero-order chi connectivity index (χ0) is 18.9. The van der Waals surface area contributed by atoms with Gasteiger partial charge in [0.2, 0.25) is 5.91 Å². The fourth-order valence-electron chi connectivity index (χ4n) is 2.27. The van der Waals surface area contributed by atoms with E-state index in [1.165, 1.54) is 0 Å². The summed E-state index contributed by atoms with van der Waals surface area (Å²) >= 11 is 0. The number of hydrogen-bond donors (Lipinski definition) is 2. The Bertz CT molecular complexity index is 528. The van der Waals surface area contributed by atoms with E-state index in [-0.39, 0.29) is 11.3 Å². The van der Waals surface area contributed by atoms with E-state index >= 15 is 0 Å². The van der Waals surface area contributed by atoms with Gasteiger partial charge in [0.1, 0.15) is 17.2 Å². The van der Waals surface area contributed by atoms with E-state index in [4.69, 9.17) is 19.9 Å². The van der Waals surface area contributed by atoms with Crippen LogP contribution in [0.1, 0.15) is 45.6 Å². The molecule has 0 aliphatic carbocycles. The van der Waals surface area contributed by atoms with E-state index in [1.54, 1.807) is 26.4 Å². The van der Waals surface area contributed by atoms with Crippen LogP contribution in [0.4, 0.5) is 0 Å². The predicted octanol–water partition coefficient (Wildman–Crippen LogP) is 2.87. The Labute approximate surface area is 151 Å². The lowest BCUT2D eigenvalue weighted by Crippen LogP contribution is -2.32. The summed E-state index contributed by atoms with van der Waals surface area (Å²) in [5.41, 5.74) is 6.65. The average Bonchev–Trinajstić information content (AvgIpc) is 2.57. The van der Waals surface area contributed by atoms with Gasteiger partial charge >= 0.3 is 0 Å². The zero-order valence-corrected chi connectivity index (χ0v) is 16.1. The van der Waals surface area contributed by atoms with Crippen LogP contribution in [0.3, 0.4) is 0 Å².